The van der Waals surface area contributed by atoms with E-state index in [9.17, 15) is 4.79 Å². The summed E-state index contributed by atoms with van der Waals surface area (Å²) >= 11 is 0. The predicted octanol–water partition coefficient (Wildman–Crippen LogP) is 4.35. The molecule has 31 heavy (non-hydrogen) atoms. The minimum absolute atomic E-state index is 0. The third-order valence-electron chi connectivity index (χ3n) is 5.74. The summed E-state index contributed by atoms with van der Waals surface area (Å²) in [5, 5.41) is 6.89. The molecule has 1 atom stereocenters. The quantitative estimate of drug-likeness (QED) is 0.329. The summed E-state index contributed by atoms with van der Waals surface area (Å²) < 4.78 is 0. The van der Waals surface area contributed by atoms with Gasteiger partial charge in [0.2, 0.25) is 0 Å². The number of amides is 1. The van der Waals surface area contributed by atoms with Crippen molar-refractivity contribution in [1.29, 1.82) is 0 Å². The number of carbonyl (C=O) groups excluding carboxylic acids is 1. The highest BCUT2D eigenvalue weighted by atomic mass is 127. The first-order chi connectivity index (χ1) is 14.5. The van der Waals surface area contributed by atoms with Crippen LogP contribution < -0.4 is 10.6 Å². The number of benzene rings is 2. The first-order valence-corrected chi connectivity index (χ1v) is 10.9. The normalized spacial score (nSPS) is 14.1. The highest BCUT2D eigenvalue weighted by molar-refractivity contribution is 14.0. The van der Waals surface area contributed by atoms with Gasteiger partial charge in [-0.15, -0.1) is 24.0 Å². The molecule has 0 saturated heterocycles. The molecule has 0 bridgehead atoms. The Hall–Kier alpha value is -2.09. The maximum absolute atomic E-state index is 12.2. The monoisotopic (exact) mass is 534 g/mol. The fourth-order valence-electron chi connectivity index (χ4n) is 3.95. The molecule has 6 heteroatoms. The van der Waals surface area contributed by atoms with E-state index in [0.717, 1.165) is 30.1 Å². The number of halogens is 1. The number of carbonyl (C=O) groups is 1. The predicted molar refractivity (Wildman–Crippen MR) is 140 cm³/mol. The molecular formula is C25H35IN4O. The van der Waals surface area contributed by atoms with Crippen molar-refractivity contribution in [2.75, 3.05) is 27.7 Å². The Bertz CT molecular complexity index is 910. The summed E-state index contributed by atoms with van der Waals surface area (Å²) in [6.07, 6.45) is 5.83. The number of guanidine groups is 1. The minimum Gasteiger partial charge on any atom is -0.356 e. The smallest absolute Gasteiger partial charge is 0.253 e. The number of rotatable bonds is 6. The van der Waals surface area contributed by atoms with E-state index in [1.54, 1.807) is 26.0 Å². The van der Waals surface area contributed by atoms with Gasteiger partial charge in [-0.3, -0.25) is 9.79 Å². The number of hydrogen-bond acceptors (Lipinski definition) is 2. The van der Waals surface area contributed by atoms with Crippen LogP contribution in [-0.2, 0) is 19.3 Å². The van der Waals surface area contributed by atoms with Crippen molar-refractivity contribution < 1.29 is 4.79 Å². The van der Waals surface area contributed by atoms with Gasteiger partial charge in [-0.2, -0.15) is 0 Å². The fraction of sp³-hybridized carbons (Fsp3) is 0.440. The summed E-state index contributed by atoms with van der Waals surface area (Å²) in [7, 11) is 5.34. The third-order valence-corrected chi connectivity index (χ3v) is 5.74. The van der Waals surface area contributed by atoms with Crippen LogP contribution in [-0.4, -0.2) is 44.5 Å². The summed E-state index contributed by atoms with van der Waals surface area (Å²) in [6, 6.07) is 14.9. The molecule has 0 aromatic heterocycles. The summed E-state index contributed by atoms with van der Waals surface area (Å²) in [6.45, 7) is 2.92. The second kappa shape index (κ2) is 12.1. The summed E-state index contributed by atoms with van der Waals surface area (Å²) in [5.74, 6) is 0.821. The van der Waals surface area contributed by atoms with Crippen LogP contribution in [0.5, 0.6) is 0 Å². The molecule has 1 amide bonds. The van der Waals surface area contributed by atoms with Crippen LogP contribution in [0.1, 0.15) is 58.4 Å². The molecule has 0 saturated carbocycles. The van der Waals surface area contributed by atoms with Crippen LogP contribution in [0, 0.1) is 0 Å². The molecule has 0 radical (unpaired) electrons. The Morgan fingerprint density at radius 2 is 1.84 bits per heavy atom. The van der Waals surface area contributed by atoms with Crippen LogP contribution in [0.2, 0.25) is 0 Å². The number of nitrogens with zero attached hydrogens (tertiary/aromatic N) is 2. The molecule has 1 unspecified atom stereocenters. The zero-order valence-electron chi connectivity index (χ0n) is 19.1. The molecule has 3 rings (SSSR count). The molecule has 2 N–H and O–H groups in total. The van der Waals surface area contributed by atoms with Crippen molar-refractivity contribution in [1.82, 2.24) is 15.5 Å². The van der Waals surface area contributed by atoms with Crippen molar-refractivity contribution in [2.24, 2.45) is 4.99 Å². The van der Waals surface area contributed by atoms with Crippen molar-refractivity contribution in [3.05, 3.63) is 70.3 Å². The highest BCUT2D eigenvalue weighted by Crippen LogP contribution is 2.24. The van der Waals surface area contributed by atoms with E-state index in [-0.39, 0.29) is 35.9 Å². The maximum atomic E-state index is 12.2. The first-order valence-electron chi connectivity index (χ1n) is 10.9. The van der Waals surface area contributed by atoms with Gasteiger partial charge in [0, 0.05) is 33.3 Å². The van der Waals surface area contributed by atoms with Gasteiger partial charge < -0.3 is 15.5 Å². The van der Waals surface area contributed by atoms with Gasteiger partial charge in [-0.05, 0) is 73.4 Å². The largest absolute Gasteiger partial charge is 0.356 e. The molecule has 5 nitrogen and oxygen atoms in total. The van der Waals surface area contributed by atoms with Crippen LogP contribution in [0.25, 0.3) is 0 Å². The zero-order valence-corrected chi connectivity index (χ0v) is 21.4. The van der Waals surface area contributed by atoms with Gasteiger partial charge in [0.15, 0.2) is 5.96 Å². The number of fused-ring (bicyclic) bond motifs is 1. The lowest BCUT2D eigenvalue weighted by Gasteiger charge is -2.21. The molecule has 2 aromatic rings. The second-order valence-electron chi connectivity index (χ2n) is 8.25. The number of nitrogens with one attached hydrogen (secondary N) is 2. The number of aryl methyl sites for hydroxylation is 2. The van der Waals surface area contributed by atoms with Gasteiger partial charge >= 0.3 is 0 Å². The van der Waals surface area contributed by atoms with Crippen LogP contribution >= 0.6 is 24.0 Å². The molecule has 0 aliphatic heterocycles. The summed E-state index contributed by atoms with van der Waals surface area (Å²) in [5.41, 5.74) is 6.17. The average Bonchev–Trinajstić information content (AvgIpc) is 2.77. The van der Waals surface area contributed by atoms with E-state index in [0.29, 0.717) is 0 Å². The highest BCUT2D eigenvalue weighted by Gasteiger charge is 2.13. The van der Waals surface area contributed by atoms with E-state index < -0.39 is 0 Å². The Kier molecular flexibility index (Phi) is 9.81. The van der Waals surface area contributed by atoms with Crippen LogP contribution in [0.15, 0.2) is 47.5 Å². The van der Waals surface area contributed by atoms with E-state index in [1.807, 2.05) is 18.2 Å². The Morgan fingerprint density at radius 1 is 1.10 bits per heavy atom. The van der Waals surface area contributed by atoms with Crippen LogP contribution in [0.4, 0.5) is 0 Å². The second-order valence-corrected chi connectivity index (χ2v) is 8.25. The lowest BCUT2D eigenvalue weighted by molar-refractivity contribution is 0.0827. The van der Waals surface area contributed by atoms with Crippen molar-refractivity contribution in [3.8, 4) is 0 Å². The van der Waals surface area contributed by atoms with Gasteiger partial charge in [-0.1, -0.05) is 30.3 Å². The van der Waals surface area contributed by atoms with E-state index in [1.165, 1.54) is 42.4 Å². The lowest BCUT2D eigenvalue weighted by atomic mass is 9.89. The van der Waals surface area contributed by atoms with Gasteiger partial charge in [0.05, 0.1) is 6.04 Å². The van der Waals surface area contributed by atoms with Crippen molar-refractivity contribution >= 4 is 35.8 Å². The van der Waals surface area contributed by atoms with E-state index in [2.05, 4.69) is 46.8 Å². The van der Waals surface area contributed by atoms with E-state index in [4.69, 9.17) is 0 Å². The molecule has 0 fully saturated rings. The molecule has 1 aliphatic carbocycles. The molecule has 168 valence electrons. The lowest BCUT2D eigenvalue weighted by Crippen LogP contribution is -2.39. The molecule has 0 heterocycles. The Labute approximate surface area is 203 Å². The van der Waals surface area contributed by atoms with Crippen LogP contribution in [0.3, 0.4) is 0 Å². The number of hydrogen-bond donors (Lipinski definition) is 2. The zero-order chi connectivity index (χ0) is 21.5. The Balaban J connectivity index is 0.00000341. The maximum Gasteiger partial charge on any atom is 0.253 e. The molecule has 1 aliphatic rings. The Morgan fingerprint density at radius 3 is 2.55 bits per heavy atom. The fourth-order valence-corrected chi connectivity index (χ4v) is 3.95. The SMILES string of the molecule is CN=C(NCCc1cccc(C(=O)N(C)C)c1)NC(C)c1ccc2c(c1)CCCC2.I. The first kappa shape index (κ1) is 25.2. The molecule has 0 spiro atoms. The van der Waals surface area contributed by atoms with Gasteiger partial charge in [-0.25, -0.2) is 0 Å². The van der Waals surface area contributed by atoms with E-state index >= 15 is 0 Å². The molecular weight excluding hydrogens is 499 g/mol. The molecule has 2 aromatic carbocycles. The van der Waals surface area contributed by atoms with Gasteiger partial charge in [0.25, 0.3) is 5.91 Å². The standard InChI is InChI=1S/C25H34N4O.HI/c1-18(21-13-12-20-9-5-6-10-22(20)17-21)28-25(26-2)27-15-14-19-8-7-11-23(16-19)24(30)29(3)4;/h7-8,11-13,16-18H,5-6,9-10,14-15H2,1-4H3,(H2,26,27,28);1H. The topological polar surface area (TPSA) is 56.7 Å². The number of aliphatic imine (C=N–C) groups is 1. The summed E-state index contributed by atoms with van der Waals surface area (Å²) in [4.78, 5) is 18.1. The van der Waals surface area contributed by atoms with Gasteiger partial charge in [0.1, 0.15) is 0 Å². The van der Waals surface area contributed by atoms with Crippen molar-refractivity contribution in [3.63, 3.8) is 0 Å². The minimum atomic E-state index is 0. The third kappa shape index (κ3) is 6.95. The van der Waals surface area contributed by atoms with Crippen molar-refractivity contribution in [2.45, 2.75) is 45.1 Å². The average molecular weight is 534 g/mol.